The van der Waals surface area contributed by atoms with Crippen LogP contribution in [0.2, 0.25) is 0 Å². The first-order chi connectivity index (χ1) is 12.2. The molecule has 0 aromatic heterocycles. The normalized spacial score (nSPS) is 19.9. The van der Waals surface area contributed by atoms with Crippen LogP contribution in [0.15, 0.2) is 0 Å². The van der Waals surface area contributed by atoms with Crippen LogP contribution >= 0.6 is 0 Å². The molecule has 4 heteroatoms. The summed E-state index contributed by atoms with van der Waals surface area (Å²) in [6, 6.07) is 0. The molecule has 1 saturated heterocycles. The zero-order valence-corrected chi connectivity index (χ0v) is 16.4. The van der Waals surface area contributed by atoms with Crippen molar-refractivity contribution in [3.63, 3.8) is 0 Å². The highest BCUT2D eigenvalue weighted by Gasteiger charge is 2.28. The number of nitrogens with zero attached hydrogens (tertiary/aromatic N) is 1. The minimum absolute atomic E-state index is 0.104. The highest BCUT2D eigenvalue weighted by molar-refractivity contribution is 5.79. The summed E-state index contributed by atoms with van der Waals surface area (Å²) < 4.78 is 0. The first kappa shape index (κ1) is 22.4. The molecule has 1 amide bonds. The quantitative estimate of drug-likeness (QED) is 0.457. The van der Waals surface area contributed by atoms with Crippen LogP contribution in [0.5, 0.6) is 0 Å². The molecule has 1 rings (SSSR count). The number of aliphatic hydroxyl groups excluding tert-OH is 2. The molecular weight excluding hydrogens is 314 g/mol. The lowest BCUT2D eigenvalue weighted by Crippen LogP contribution is -2.37. The molecule has 0 aromatic carbocycles. The van der Waals surface area contributed by atoms with Gasteiger partial charge >= 0.3 is 0 Å². The number of rotatable bonds is 14. The van der Waals surface area contributed by atoms with E-state index < -0.39 is 6.10 Å². The van der Waals surface area contributed by atoms with Crippen LogP contribution in [0.3, 0.4) is 0 Å². The lowest BCUT2D eigenvalue weighted by atomic mass is 9.95. The summed E-state index contributed by atoms with van der Waals surface area (Å²) in [6.45, 7) is 3.73. The van der Waals surface area contributed by atoms with E-state index in [0.29, 0.717) is 6.42 Å². The molecule has 2 atom stereocenters. The van der Waals surface area contributed by atoms with Gasteiger partial charge in [0.2, 0.25) is 5.91 Å². The molecule has 0 aromatic rings. The molecule has 0 bridgehead atoms. The van der Waals surface area contributed by atoms with Crippen molar-refractivity contribution < 1.29 is 15.0 Å². The average molecular weight is 356 g/mol. The van der Waals surface area contributed by atoms with Gasteiger partial charge in [0, 0.05) is 19.0 Å². The van der Waals surface area contributed by atoms with Crippen molar-refractivity contribution >= 4 is 5.91 Å². The van der Waals surface area contributed by atoms with E-state index in [0.717, 1.165) is 38.8 Å². The Labute approximate surface area is 155 Å². The zero-order valence-electron chi connectivity index (χ0n) is 16.4. The van der Waals surface area contributed by atoms with Crippen LogP contribution in [-0.4, -0.2) is 46.8 Å². The largest absolute Gasteiger partial charge is 0.394 e. The van der Waals surface area contributed by atoms with Gasteiger partial charge in [-0.15, -0.1) is 0 Å². The smallest absolute Gasteiger partial charge is 0.225 e. The fraction of sp³-hybridized carbons (Fsp3) is 0.952. The first-order valence-corrected chi connectivity index (χ1v) is 10.8. The Bertz CT molecular complexity index is 335. The molecule has 2 unspecified atom stereocenters. The molecule has 1 aliphatic rings. The summed E-state index contributed by atoms with van der Waals surface area (Å²) in [4.78, 5) is 14.6. The zero-order chi connectivity index (χ0) is 18.3. The Morgan fingerprint density at radius 1 is 1.00 bits per heavy atom. The number of amides is 1. The number of aliphatic hydroxyl groups is 2. The second-order valence-corrected chi connectivity index (χ2v) is 7.77. The lowest BCUT2D eigenvalue weighted by Gasteiger charge is -2.25. The van der Waals surface area contributed by atoms with Crippen molar-refractivity contribution in [3.8, 4) is 0 Å². The minimum atomic E-state index is -0.758. The fourth-order valence-corrected chi connectivity index (χ4v) is 3.82. The Morgan fingerprint density at radius 2 is 1.60 bits per heavy atom. The van der Waals surface area contributed by atoms with Gasteiger partial charge in [0.15, 0.2) is 0 Å². The summed E-state index contributed by atoms with van der Waals surface area (Å²) in [5, 5.41) is 18.7. The molecule has 0 saturated carbocycles. The monoisotopic (exact) mass is 355 g/mol. The average Bonchev–Trinajstić information content (AvgIpc) is 2.79. The summed E-state index contributed by atoms with van der Waals surface area (Å²) in [6.07, 6.45) is 15.7. The number of carbonyl (C=O) groups excluding carboxylic acids is 1. The van der Waals surface area contributed by atoms with Crippen LogP contribution in [0.25, 0.3) is 0 Å². The van der Waals surface area contributed by atoms with E-state index in [9.17, 15) is 9.90 Å². The molecular formula is C21H41NO3. The van der Waals surface area contributed by atoms with E-state index in [1.54, 1.807) is 0 Å². The van der Waals surface area contributed by atoms with Crippen LogP contribution in [0, 0.1) is 5.92 Å². The van der Waals surface area contributed by atoms with Crippen molar-refractivity contribution in [2.75, 3.05) is 19.7 Å². The topological polar surface area (TPSA) is 60.8 Å². The van der Waals surface area contributed by atoms with E-state index >= 15 is 0 Å². The van der Waals surface area contributed by atoms with Gasteiger partial charge in [0.1, 0.15) is 0 Å². The van der Waals surface area contributed by atoms with Crippen molar-refractivity contribution in [2.45, 2.75) is 103 Å². The van der Waals surface area contributed by atoms with Crippen molar-refractivity contribution in [1.29, 1.82) is 0 Å². The van der Waals surface area contributed by atoms with Gasteiger partial charge < -0.3 is 15.1 Å². The maximum absolute atomic E-state index is 12.6. The van der Waals surface area contributed by atoms with Gasteiger partial charge in [-0.25, -0.2) is 0 Å². The summed E-state index contributed by atoms with van der Waals surface area (Å²) >= 11 is 0. The van der Waals surface area contributed by atoms with E-state index in [4.69, 9.17) is 5.11 Å². The van der Waals surface area contributed by atoms with E-state index in [1.807, 2.05) is 4.90 Å². The van der Waals surface area contributed by atoms with Gasteiger partial charge in [0.25, 0.3) is 0 Å². The highest BCUT2D eigenvalue weighted by Crippen LogP contribution is 2.23. The van der Waals surface area contributed by atoms with Crippen LogP contribution in [0.4, 0.5) is 0 Å². The summed E-state index contributed by atoms with van der Waals surface area (Å²) in [5.74, 6) is 0.0914. The third kappa shape index (κ3) is 10.2. The molecule has 1 fully saturated rings. The van der Waals surface area contributed by atoms with Gasteiger partial charge in [-0.1, -0.05) is 71.1 Å². The number of hydrogen-bond acceptors (Lipinski definition) is 3. The van der Waals surface area contributed by atoms with Gasteiger partial charge in [-0.2, -0.15) is 0 Å². The van der Waals surface area contributed by atoms with Gasteiger partial charge in [0.05, 0.1) is 12.7 Å². The summed E-state index contributed by atoms with van der Waals surface area (Å²) in [7, 11) is 0. The predicted molar refractivity (Wildman–Crippen MR) is 103 cm³/mol. The molecule has 1 aliphatic heterocycles. The third-order valence-electron chi connectivity index (χ3n) is 5.44. The first-order valence-electron chi connectivity index (χ1n) is 10.8. The van der Waals surface area contributed by atoms with Crippen LogP contribution in [0.1, 0.15) is 96.8 Å². The second kappa shape index (κ2) is 14.5. The van der Waals surface area contributed by atoms with Crippen LogP contribution < -0.4 is 0 Å². The second-order valence-electron chi connectivity index (χ2n) is 7.77. The maximum Gasteiger partial charge on any atom is 0.225 e. The number of carbonyl (C=O) groups is 1. The van der Waals surface area contributed by atoms with E-state index in [1.165, 1.54) is 57.8 Å². The van der Waals surface area contributed by atoms with Gasteiger partial charge in [-0.3, -0.25) is 4.79 Å². The van der Waals surface area contributed by atoms with Crippen LogP contribution in [-0.2, 0) is 4.79 Å². The van der Waals surface area contributed by atoms with Crippen molar-refractivity contribution in [2.24, 2.45) is 5.92 Å². The maximum atomic E-state index is 12.6. The molecule has 148 valence electrons. The molecule has 0 aliphatic carbocycles. The molecule has 0 radical (unpaired) electrons. The fourth-order valence-electron chi connectivity index (χ4n) is 3.82. The molecule has 25 heavy (non-hydrogen) atoms. The van der Waals surface area contributed by atoms with E-state index in [-0.39, 0.29) is 18.4 Å². The molecule has 4 nitrogen and oxygen atoms in total. The number of likely N-dealkylation sites (tertiary alicyclic amines) is 1. The number of unbranched alkanes of at least 4 members (excludes halogenated alkanes) is 9. The minimum Gasteiger partial charge on any atom is -0.394 e. The highest BCUT2D eigenvalue weighted by atomic mass is 16.3. The lowest BCUT2D eigenvalue weighted by molar-refractivity contribution is -0.136. The number of hydrogen-bond donors (Lipinski definition) is 2. The van der Waals surface area contributed by atoms with Gasteiger partial charge in [-0.05, 0) is 25.7 Å². The SMILES string of the molecule is CCCCCCCCCCCCN1CCCCC(CC(O)CO)C1=O. The van der Waals surface area contributed by atoms with Crippen molar-refractivity contribution in [3.05, 3.63) is 0 Å². The molecule has 0 spiro atoms. The molecule has 1 heterocycles. The molecule has 2 N–H and O–H groups in total. The third-order valence-corrected chi connectivity index (χ3v) is 5.44. The summed E-state index contributed by atoms with van der Waals surface area (Å²) in [5.41, 5.74) is 0. The van der Waals surface area contributed by atoms with Crippen molar-refractivity contribution in [1.82, 2.24) is 4.90 Å². The predicted octanol–water partition coefficient (Wildman–Crippen LogP) is 4.28. The Hall–Kier alpha value is -0.610. The Kier molecular flexibility index (Phi) is 13.1. The Morgan fingerprint density at radius 3 is 2.20 bits per heavy atom. The van der Waals surface area contributed by atoms with E-state index in [2.05, 4.69) is 6.92 Å². The standard InChI is InChI=1S/C21H41NO3/c1-2-3-4-5-6-7-8-9-10-12-15-22-16-13-11-14-19(21(22)25)17-20(24)18-23/h19-20,23-24H,2-18H2,1H3. The Balaban J connectivity index is 2.12.